The fourth-order valence-electron chi connectivity index (χ4n) is 3.41. The third-order valence-corrected chi connectivity index (χ3v) is 5.71. The lowest BCUT2D eigenvalue weighted by Gasteiger charge is -2.27. The highest BCUT2D eigenvalue weighted by atomic mass is 19.1. The van der Waals surface area contributed by atoms with E-state index in [1.54, 1.807) is 24.5 Å². The van der Waals surface area contributed by atoms with Crippen molar-refractivity contribution in [2.75, 3.05) is 31.2 Å². The molecule has 11 nitrogen and oxygen atoms in total. The fourth-order valence-corrected chi connectivity index (χ4v) is 3.41. The molecule has 0 bridgehead atoms. The molecular weight excluding hydrogens is 469 g/mol. The molecule has 194 valence electrons. The zero-order valence-corrected chi connectivity index (χ0v) is 20.5. The largest absolute Gasteiger partial charge is 0.443 e. The van der Waals surface area contributed by atoms with Gasteiger partial charge < -0.3 is 31.0 Å². The first-order valence-corrected chi connectivity index (χ1v) is 11.6. The number of hydrogen-bond donors (Lipinski definition) is 3. The Balaban J connectivity index is 1.56. The number of rotatable bonds is 9. The van der Waals surface area contributed by atoms with E-state index in [4.69, 9.17) is 21.0 Å². The van der Waals surface area contributed by atoms with Crippen LogP contribution in [0.15, 0.2) is 40.7 Å². The molecular formula is C24H32FN7O4. The highest BCUT2D eigenvalue weighted by molar-refractivity contribution is 5.88. The number of aliphatic imine (C=N–C) groups is 1. The molecule has 0 aliphatic carbocycles. The average Bonchev–Trinajstić information content (AvgIpc) is 2.86. The smallest absolute Gasteiger partial charge is 0.437 e. The number of aliphatic hydroxyl groups excluding tert-OH is 1. The van der Waals surface area contributed by atoms with Crippen molar-refractivity contribution in [2.24, 2.45) is 27.0 Å². The Morgan fingerprint density at radius 1 is 1.22 bits per heavy atom. The van der Waals surface area contributed by atoms with Crippen LogP contribution in [0.2, 0.25) is 0 Å². The van der Waals surface area contributed by atoms with Gasteiger partial charge in [-0.15, -0.1) is 4.99 Å². The third kappa shape index (κ3) is 7.60. The van der Waals surface area contributed by atoms with Crippen molar-refractivity contribution in [3.63, 3.8) is 0 Å². The van der Waals surface area contributed by atoms with Crippen molar-refractivity contribution in [3.05, 3.63) is 42.0 Å². The van der Waals surface area contributed by atoms with Gasteiger partial charge >= 0.3 is 6.09 Å². The topological polar surface area (TPSA) is 162 Å². The molecule has 0 unspecified atom stereocenters. The SMILES string of the molecule is CC(C)(CO)CCON=C1CCN(c2ncc(-c3cccc(COC(=O)N=C(N)N)c3F)cn2)CC1. The van der Waals surface area contributed by atoms with Crippen LogP contribution in [0.4, 0.5) is 15.1 Å². The van der Waals surface area contributed by atoms with Crippen molar-refractivity contribution < 1.29 is 23.9 Å². The molecule has 1 aliphatic heterocycles. The van der Waals surface area contributed by atoms with Crippen LogP contribution >= 0.6 is 0 Å². The van der Waals surface area contributed by atoms with Crippen LogP contribution in [0.3, 0.4) is 0 Å². The lowest BCUT2D eigenvalue weighted by molar-refractivity contribution is 0.0793. The Kier molecular flexibility index (Phi) is 9.12. The normalized spacial score (nSPS) is 13.8. The molecule has 2 heterocycles. The number of ether oxygens (including phenoxy) is 1. The molecule has 2 aromatic rings. The number of nitrogens with zero attached hydrogens (tertiary/aromatic N) is 5. The summed E-state index contributed by atoms with van der Waals surface area (Å²) in [6.45, 7) is 5.58. The molecule has 12 heteroatoms. The van der Waals surface area contributed by atoms with Gasteiger partial charge in [0.1, 0.15) is 19.0 Å². The van der Waals surface area contributed by atoms with Crippen molar-refractivity contribution >= 4 is 23.7 Å². The number of carbonyl (C=O) groups excluding carboxylic acids is 1. The van der Waals surface area contributed by atoms with E-state index in [0.29, 0.717) is 31.2 Å². The van der Waals surface area contributed by atoms with Crippen LogP contribution in [0.5, 0.6) is 0 Å². The van der Waals surface area contributed by atoms with Gasteiger partial charge in [-0.2, -0.15) is 0 Å². The number of anilines is 1. The molecule has 1 aliphatic rings. The zero-order valence-electron chi connectivity index (χ0n) is 20.5. The lowest BCUT2D eigenvalue weighted by atomic mass is 9.91. The lowest BCUT2D eigenvalue weighted by Crippen LogP contribution is -2.35. The quantitative estimate of drug-likeness (QED) is 0.203. The van der Waals surface area contributed by atoms with E-state index in [9.17, 15) is 9.90 Å². The van der Waals surface area contributed by atoms with Gasteiger partial charge in [0.15, 0.2) is 5.96 Å². The molecule has 1 aromatic heterocycles. The number of benzene rings is 1. The Morgan fingerprint density at radius 3 is 2.56 bits per heavy atom. The average molecular weight is 502 g/mol. The number of aromatic nitrogens is 2. The summed E-state index contributed by atoms with van der Waals surface area (Å²) >= 11 is 0. The van der Waals surface area contributed by atoms with Gasteiger partial charge in [-0.25, -0.2) is 19.2 Å². The molecule has 1 amide bonds. The summed E-state index contributed by atoms with van der Waals surface area (Å²) in [7, 11) is 0. The van der Waals surface area contributed by atoms with Gasteiger partial charge in [0, 0.05) is 61.6 Å². The van der Waals surface area contributed by atoms with Gasteiger partial charge in [0.25, 0.3) is 0 Å². The van der Waals surface area contributed by atoms with E-state index in [2.05, 4.69) is 20.1 Å². The molecule has 0 radical (unpaired) electrons. The summed E-state index contributed by atoms with van der Waals surface area (Å²) in [6, 6.07) is 4.75. The molecule has 0 atom stereocenters. The Bertz CT molecular complexity index is 1090. The number of aliphatic hydroxyl groups is 1. The van der Waals surface area contributed by atoms with Gasteiger partial charge in [-0.3, -0.25) is 0 Å². The molecule has 1 aromatic carbocycles. The van der Waals surface area contributed by atoms with E-state index in [-0.39, 0.29) is 29.8 Å². The van der Waals surface area contributed by atoms with Gasteiger partial charge in [-0.05, 0) is 11.8 Å². The van der Waals surface area contributed by atoms with Crippen LogP contribution in [0.1, 0.15) is 38.7 Å². The first-order chi connectivity index (χ1) is 17.2. The van der Waals surface area contributed by atoms with E-state index < -0.39 is 17.9 Å². The molecule has 1 saturated heterocycles. The second-order valence-electron chi connectivity index (χ2n) is 9.19. The van der Waals surface area contributed by atoms with Crippen LogP contribution in [0, 0.1) is 11.2 Å². The van der Waals surface area contributed by atoms with Crippen LogP contribution in [0.25, 0.3) is 11.1 Å². The predicted octanol–water partition coefficient (Wildman–Crippen LogP) is 2.57. The molecule has 3 rings (SSSR count). The Morgan fingerprint density at radius 2 is 1.92 bits per heavy atom. The van der Waals surface area contributed by atoms with Crippen LogP contribution in [-0.2, 0) is 16.2 Å². The van der Waals surface area contributed by atoms with E-state index in [1.807, 2.05) is 18.7 Å². The maximum absolute atomic E-state index is 15.0. The van der Waals surface area contributed by atoms with Gasteiger partial charge in [-0.1, -0.05) is 37.2 Å². The maximum atomic E-state index is 15.0. The standard InChI is InChI=1S/C24H32FN7O4/c1-24(2,15-33)8-11-36-31-18-6-9-32(10-7-18)22-28-12-17(13-29-22)19-5-3-4-16(20(19)25)14-35-23(34)30-21(26)27/h3-5,12-13,33H,6-11,14-15H2,1-2H3,(H4,26,27,30,34). The second kappa shape index (κ2) is 12.2. The fraction of sp³-hybridized carbons (Fsp3) is 0.458. The molecule has 0 saturated carbocycles. The third-order valence-electron chi connectivity index (χ3n) is 5.71. The number of hydrogen-bond acceptors (Lipinski definition) is 8. The summed E-state index contributed by atoms with van der Waals surface area (Å²) in [5.41, 5.74) is 12.0. The number of halogens is 1. The maximum Gasteiger partial charge on any atom is 0.437 e. The van der Waals surface area contributed by atoms with Crippen molar-refractivity contribution in [1.82, 2.24) is 9.97 Å². The van der Waals surface area contributed by atoms with E-state index in [0.717, 1.165) is 25.0 Å². The highest BCUT2D eigenvalue weighted by Crippen LogP contribution is 2.26. The van der Waals surface area contributed by atoms with Gasteiger partial charge in [0.2, 0.25) is 5.95 Å². The number of oxime groups is 1. The zero-order chi connectivity index (χ0) is 26.1. The monoisotopic (exact) mass is 501 g/mol. The number of nitrogens with two attached hydrogens (primary N) is 2. The van der Waals surface area contributed by atoms with Gasteiger partial charge in [0.05, 0.1) is 5.71 Å². The van der Waals surface area contributed by atoms with Crippen molar-refractivity contribution in [3.8, 4) is 11.1 Å². The minimum absolute atomic E-state index is 0.106. The number of carbonyl (C=O) groups is 1. The Hall–Kier alpha value is -3.80. The van der Waals surface area contributed by atoms with Crippen molar-refractivity contribution in [2.45, 2.75) is 39.7 Å². The minimum atomic E-state index is -1.00. The van der Waals surface area contributed by atoms with E-state index >= 15 is 4.39 Å². The van der Waals surface area contributed by atoms with Crippen molar-refractivity contribution in [1.29, 1.82) is 0 Å². The first kappa shape index (κ1) is 26.8. The number of piperidine rings is 1. The Labute approximate surface area is 209 Å². The number of amides is 1. The van der Waals surface area contributed by atoms with E-state index in [1.165, 1.54) is 6.07 Å². The molecule has 1 fully saturated rings. The second-order valence-corrected chi connectivity index (χ2v) is 9.19. The molecule has 36 heavy (non-hydrogen) atoms. The predicted molar refractivity (Wildman–Crippen MR) is 134 cm³/mol. The first-order valence-electron chi connectivity index (χ1n) is 11.6. The summed E-state index contributed by atoms with van der Waals surface area (Å²) in [6.07, 6.45) is 4.29. The van der Waals surface area contributed by atoms with Crippen LogP contribution < -0.4 is 16.4 Å². The molecule has 0 spiro atoms. The highest BCUT2D eigenvalue weighted by Gasteiger charge is 2.20. The summed E-state index contributed by atoms with van der Waals surface area (Å²) in [5.74, 6) is -0.436. The summed E-state index contributed by atoms with van der Waals surface area (Å²) in [5, 5.41) is 13.5. The summed E-state index contributed by atoms with van der Waals surface area (Å²) in [4.78, 5) is 31.0. The minimum Gasteiger partial charge on any atom is -0.443 e. The number of guanidine groups is 1. The molecule has 5 N–H and O–H groups in total. The van der Waals surface area contributed by atoms with Crippen LogP contribution in [-0.4, -0.2) is 59.1 Å². The summed E-state index contributed by atoms with van der Waals surface area (Å²) < 4.78 is 19.9.